The average Bonchev–Trinajstić information content (AvgIpc) is 3.30. The Labute approximate surface area is 176 Å². The van der Waals surface area contributed by atoms with Gasteiger partial charge in [-0.2, -0.15) is 5.10 Å². The summed E-state index contributed by atoms with van der Waals surface area (Å²) in [6.07, 6.45) is 3.92. The molecule has 1 aliphatic heterocycles. The van der Waals surface area contributed by atoms with Crippen molar-refractivity contribution in [2.24, 2.45) is 0 Å². The van der Waals surface area contributed by atoms with Gasteiger partial charge < -0.3 is 9.64 Å². The molecule has 4 rings (SSSR count). The topological polar surface area (TPSA) is 57.3 Å². The lowest BCUT2D eigenvalue weighted by Gasteiger charge is -2.36. The van der Waals surface area contributed by atoms with E-state index in [-0.39, 0.29) is 0 Å². The van der Waals surface area contributed by atoms with Crippen molar-refractivity contribution in [2.75, 3.05) is 44.2 Å². The maximum absolute atomic E-state index is 6.32. The van der Waals surface area contributed by atoms with Gasteiger partial charge in [-0.1, -0.05) is 29.8 Å². The second kappa shape index (κ2) is 9.76. The second-order valence-corrected chi connectivity index (χ2v) is 7.56. The smallest absolute Gasteiger partial charge is 0.213 e. The summed E-state index contributed by atoms with van der Waals surface area (Å²) in [5.74, 6) is 0.652. The van der Waals surface area contributed by atoms with Gasteiger partial charge in [0.25, 0.3) is 0 Å². The van der Waals surface area contributed by atoms with Crippen molar-refractivity contribution in [3.05, 3.63) is 59.8 Å². The number of anilines is 1. The van der Waals surface area contributed by atoms with Crippen LogP contribution >= 0.6 is 11.6 Å². The van der Waals surface area contributed by atoms with Crippen molar-refractivity contribution in [3.8, 4) is 17.3 Å². The van der Waals surface area contributed by atoms with Crippen molar-refractivity contribution >= 4 is 17.3 Å². The predicted octanol–water partition coefficient (Wildman–Crippen LogP) is 4.11. The number of nitrogens with one attached hydrogen (secondary N) is 1. The lowest BCUT2D eigenvalue weighted by molar-refractivity contribution is 0.236. The minimum atomic E-state index is 0.652. The zero-order valence-corrected chi connectivity index (χ0v) is 17.2. The maximum Gasteiger partial charge on any atom is 0.213 e. The largest absolute Gasteiger partial charge is 0.478 e. The summed E-state index contributed by atoms with van der Waals surface area (Å²) in [6.45, 7) is 5.95. The van der Waals surface area contributed by atoms with Crippen molar-refractivity contribution in [2.45, 2.75) is 12.8 Å². The van der Waals surface area contributed by atoms with Crippen molar-refractivity contribution in [3.63, 3.8) is 0 Å². The normalized spacial score (nSPS) is 14.9. The van der Waals surface area contributed by atoms with Gasteiger partial charge in [-0.25, -0.2) is 4.98 Å². The van der Waals surface area contributed by atoms with Crippen LogP contribution < -0.4 is 9.64 Å². The van der Waals surface area contributed by atoms with Gasteiger partial charge in [0.2, 0.25) is 5.88 Å². The number of ether oxygens (including phenoxy) is 1. The number of hydrogen-bond acceptors (Lipinski definition) is 5. The van der Waals surface area contributed by atoms with E-state index in [4.69, 9.17) is 16.3 Å². The zero-order valence-electron chi connectivity index (χ0n) is 16.4. The quantitative estimate of drug-likeness (QED) is 0.565. The Hall–Kier alpha value is -2.57. The summed E-state index contributed by atoms with van der Waals surface area (Å²) >= 11 is 6.32. The number of aromatic amines is 1. The van der Waals surface area contributed by atoms with Gasteiger partial charge in [-0.3, -0.25) is 10.00 Å². The van der Waals surface area contributed by atoms with Gasteiger partial charge in [0, 0.05) is 38.4 Å². The first-order valence-corrected chi connectivity index (χ1v) is 10.5. The van der Waals surface area contributed by atoms with Gasteiger partial charge in [0.1, 0.15) is 5.69 Å². The van der Waals surface area contributed by atoms with E-state index in [0.717, 1.165) is 67.7 Å². The minimum Gasteiger partial charge on any atom is -0.478 e. The molecule has 1 fully saturated rings. The van der Waals surface area contributed by atoms with Crippen LogP contribution in [0.2, 0.25) is 5.02 Å². The summed E-state index contributed by atoms with van der Waals surface area (Å²) in [4.78, 5) is 9.41. The summed E-state index contributed by atoms with van der Waals surface area (Å²) in [6, 6.07) is 15.8. The molecule has 0 amide bonds. The Morgan fingerprint density at radius 1 is 0.931 bits per heavy atom. The van der Waals surface area contributed by atoms with Crippen LogP contribution in [-0.4, -0.2) is 59.4 Å². The lowest BCUT2D eigenvalue weighted by Crippen LogP contribution is -2.46. The zero-order chi connectivity index (χ0) is 19.9. The summed E-state index contributed by atoms with van der Waals surface area (Å²) in [5.41, 5.74) is 2.79. The van der Waals surface area contributed by atoms with Crippen molar-refractivity contribution < 1.29 is 4.74 Å². The van der Waals surface area contributed by atoms with Crippen LogP contribution in [0.25, 0.3) is 11.4 Å². The highest BCUT2D eigenvalue weighted by molar-refractivity contribution is 6.33. The number of pyridine rings is 1. The first-order chi connectivity index (χ1) is 14.3. The molecule has 7 heteroatoms. The van der Waals surface area contributed by atoms with Gasteiger partial charge in [0.15, 0.2) is 0 Å². The molecule has 1 aromatic carbocycles. The standard InChI is InChI=1S/C22H26ClN5O/c23-18-6-1-2-8-21(18)28-15-13-27(14-16-28)12-3-4-17-29-22-9-5-7-19(25-22)20-10-11-24-26-20/h1-2,5-11H,3-4,12-17H2,(H,24,26). The fraction of sp³-hybridized carbons (Fsp3) is 0.364. The molecule has 0 bridgehead atoms. The molecule has 0 atom stereocenters. The summed E-state index contributed by atoms with van der Waals surface area (Å²) in [5, 5.41) is 7.80. The molecule has 1 aliphatic rings. The summed E-state index contributed by atoms with van der Waals surface area (Å²) in [7, 11) is 0. The van der Waals surface area contributed by atoms with Crippen LogP contribution in [0.3, 0.4) is 0 Å². The minimum absolute atomic E-state index is 0.652. The third kappa shape index (κ3) is 5.28. The number of para-hydroxylation sites is 1. The average molecular weight is 412 g/mol. The maximum atomic E-state index is 6.32. The highest BCUT2D eigenvalue weighted by atomic mass is 35.5. The lowest BCUT2D eigenvalue weighted by atomic mass is 10.2. The van der Waals surface area contributed by atoms with E-state index in [0.29, 0.717) is 12.5 Å². The van der Waals surface area contributed by atoms with E-state index in [2.05, 4.69) is 31.0 Å². The molecule has 1 saturated heterocycles. The Balaban J connectivity index is 1.15. The first kappa shape index (κ1) is 19.7. The molecule has 0 aliphatic carbocycles. The van der Waals surface area contributed by atoms with Crippen molar-refractivity contribution in [1.29, 1.82) is 0 Å². The van der Waals surface area contributed by atoms with E-state index in [1.807, 2.05) is 42.5 Å². The number of halogens is 1. The molecule has 3 heterocycles. The third-order valence-corrected chi connectivity index (χ3v) is 5.49. The van der Waals surface area contributed by atoms with Crippen LogP contribution in [0.5, 0.6) is 5.88 Å². The molecule has 6 nitrogen and oxygen atoms in total. The molecule has 3 aromatic rings. The number of aromatic nitrogens is 3. The van der Waals surface area contributed by atoms with E-state index in [1.165, 1.54) is 0 Å². The van der Waals surface area contributed by atoms with E-state index in [9.17, 15) is 0 Å². The Morgan fingerprint density at radius 2 is 1.79 bits per heavy atom. The van der Waals surface area contributed by atoms with E-state index < -0.39 is 0 Å². The van der Waals surface area contributed by atoms with Gasteiger partial charge in [-0.05, 0) is 43.7 Å². The van der Waals surface area contributed by atoms with Crippen LogP contribution in [0, 0.1) is 0 Å². The van der Waals surface area contributed by atoms with E-state index in [1.54, 1.807) is 6.20 Å². The van der Waals surface area contributed by atoms with Gasteiger partial charge >= 0.3 is 0 Å². The number of nitrogens with zero attached hydrogens (tertiary/aromatic N) is 4. The number of hydrogen-bond donors (Lipinski definition) is 1. The highest BCUT2D eigenvalue weighted by Crippen LogP contribution is 2.26. The first-order valence-electron chi connectivity index (χ1n) is 10.1. The number of piperazine rings is 1. The van der Waals surface area contributed by atoms with Crippen LogP contribution in [-0.2, 0) is 0 Å². The van der Waals surface area contributed by atoms with E-state index >= 15 is 0 Å². The van der Waals surface area contributed by atoms with Crippen molar-refractivity contribution in [1.82, 2.24) is 20.1 Å². The Bertz CT molecular complexity index is 894. The molecule has 29 heavy (non-hydrogen) atoms. The Morgan fingerprint density at radius 3 is 2.59 bits per heavy atom. The molecule has 2 aromatic heterocycles. The number of rotatable bonds is 8. The van der Waals surface area contributed by atoms with Crippen LogP contribution in [0.1, 0.15) is 12.8 Å². The number of unbranched alkanes of at least 4 members (excludes halogenated alkanes) is 1. The molecule has 1 N–H and O–H groups in total. The fourth-order valence-corrected chi connectivity index (χ4v) is 3.83. The fourth-order valence-electron chi connectivity index (χ4n) is 3.58. The molecule has 0 radical (unpaired) electrons. The van der Waals surface area contributed by atoms with Gasteiger partial charge in [-0.15, -0.1) is 0 Å². The second-order valence-electron chi connectivity index (χ2n) is 7.16. The molecular weight excluding hydrogens is 386 g/mol. The molecule has 152 valence electrons. The predicted molar refractivity (Wildman–Crippen MR) is 117 cm³/mol. The molecular formula is C22H26ClN5O. The van der Waals surface area contributed by atoms with Crippen LogP contribution in [0.15, 0.2) is 54.7 Å². The molecule has 0 saturated carbocycles. The third-order valence-electron chi connectivity index (χ3n) is 5.17. The monoisotopic (exact) mass is 411 g/mol. The van der Waals surface area contributed by atoms with Crippen LogP contribution in [0.4, 0.5) is 5.69 Å². The molecule has 0 unspecified atom stereocenters. The number of H-pyrrole nitrogens is 1. The summed E-state index contributed by atoms with van der Waals surface area (Å²) < 4.78 is 5.83. The Kier molecular flexibility index (Phi) is 6.64. The SMILES string of the molecule is Clc1ccccc1N1CCN(CCCCOc2cccc(-c3cc[nH]n3)n2)CC1. The molecule has 0 spiro atoms. The number of benzene rings is 1. The highest BCUT2D eigenvalue weighted by Gasteiger charge is 2.18. The van der Waals surface area contributed by atoms with Gasteiger partial charge in [0.05, 0.1) is 23.0 Å².